The van der Waals surface area contributed by atoms with Crippen LogP contribution in [0.25, 0.3) is 10.9 Å². The molecule has 1 aromatic carbocycles. The molecule has 0 aliphatic carbocycles. The lowest BCUT2D eigenvalue weighted by Crippen LogP contribution is -2.33. The third kappa shape index (κ3) is 2.19. The molecule has 1 amide bonds. The molecule has 2 aromatic rings. The summed E-state index contributed by atoms with van der Waals surface area (Å²) < 4.78 is 0. The molecule has 3 N–H and O–H groups in total. The lowest BCUT2D eigenvalue weighted by Gasteiger charge is -2.23. The number of anilines is 2. The molecule has 0 atom stereocenters. The van der Waals surface area contributed by atoms with Gasteiger partial charge < -0.3 is 16.0 Å². The highest BCUT2D eigenvalue weighted by molar-refractivity contribution is 5.99. The summed E-state index contributed by atoms with van der Waals surface area (Å²) in [7, 11) is 0. The van der Waals surface area contributed by atoms with Gasteiger partial charge in [-0.15, -0.1) is 0 Å². The van der Waals surface area contributed by atoms with Crippen molar-refractivity contribution in [3.05, 3.63) is 30.5 Å². The summed E-state index contributed by atoms with van der Waals surface area (Å²) in [6, 6.07) is 7.70. The van der Waals surface area contributed by atoms with Crippen molar-refractivity contribution >= 4 is 28.2 Å². The zero-order valence-electron chi connectivity index (χ0n) is 10.6. The Hall–Kier alpha value is -2.30. The molecule has 0 unspecified atom stereocenters. The molecule has 0 spiro atoms. The van der Waals surface area contributed by atoms with E-state index in [2.05, 4.69) is 15.2 Å². The first-order valence-corrected chi connectivity index (χ1v) is 6.40. The topological polar surface area (TPSA) is 71.2 Å². The van der Waals surface area contributed by atoms with Crippen LogP contribution in [0, 0.1) is 0 Å². The molecule has 1 aliphatic heterocycles. The van der Waals surface area contributed by atoms with E-state index in [4.69, 9.17) is 5.73 Å². The first kappa shape index (κ1) is 11.8. The van der Waals surface area contributed by atoms with E-state index in [9.17, 15) is 4.79 Å². The molecule has 1 saturated heterocycles. The summed E-state index contributed by atoms with van der Waals surface area (Å²) in [5, 5.41) is 3.88. The van der Waals surface area contributed by atoms with Gasteiger partial charge in [0, 0.05) is 30.4 Å². The maximum Gasteiger partial charge on any atom is 0.239 e. The second-order valence-corrected chi connectivity index (χ2v) is 4.70. The average Bonchev–Trinajstić information content (AvgIpc) is 2.63. The van der Waals surface area contributed by atoms with Gasteiger partial charge in [-0.3, -0.25) is 9.78 Å². The minimum atomic E-state index is 0.0614. The number of hydrogen-bond acceptors (Lipinski definition) is 4. The normalized spacial score (nSPS) is 16.2. The SMILES string of the molecule is Nc1cccc2c(N3CCCNC(=O)C3)ccnc12. The molecule has 5 nitrogen and oxygen atoms in total. The fourth-order valence-electron chi connectivity index (χ4n) is 2.47. The lowest BCUT2D eigenvalue weighted by atomic mass is 10.1. The number of carbonyl (C=O) groups excluding carboxylic acids is 1. The van der Waals surface area contributed by atoms with Crippen LogP contribution in [0.3, 0.4) is 0 Å². The highest BCUT2D eigenvalue weighted by Gasteiger charge is 2.17. The van der Waals surface area contributed by atoms with Gasteiger partial charge in [0.25, 0.3) is 0 Å². The van der Waals surface area contributed by atoms with Crippen LogP contribution in [0.1, 0.15) is 6.42 Å². The van der Waals surface area contributed by atoms with Crippen LogP contribution in [-0.2, 0) is 4.79 Å². The van der Waals surface area contributed by atoms with Crippen LogP contribution >= 0.6 is 0 Å². The van der Waals surface area contributed by atoms with Crippen molar-refractivity contribution in [2.45, 2.75) is 6.42 Å². The van der Waals surface area contributed by atoms with Gasteiger partial charge in [-0.25, -0.2) is 0 Å². The largest absolute Gasteiger partial charge is 0.397 e. The van der Waals surface area contributed by atoms with E-state index < -0.39 is 0 Å². The predicted molar refractivity (Wildman–Crippen MR) is 76.0 cm³/mol. The highest BCUT2D eigenvalue weighted by atomic mass is 16.2. The number of nitrogens with two attached hydrogens (primary N) is 1. The number of pyridine rings is 1. The quantitative estimate of drug-likeness (QED) is 0.751. The van der Waals surface area contributed by atoms with Gasteiger partial charge in [0.15, 0.2) is 0 Å². The number of nitrogens with zero attached hydrogens (tertiary/aromatic N) is 2. The first-order valence-electron chi connectivity index (χ1n) is 6.40. The zero-order chi connectivity index (χ0) is 13.2. The van der Waals surface area contributed by atoms with Gasteiger partial charge in [0.1, 0.15) is 0 Å². The van der Waals surface area contributed by atoms with E-state index in [1.165, 1.54) is 0 Å². The van der Waals surface area contributed by atoms with E-state index in [1.807, 2.05) is 24.3 Å². The Morgan fingerprint density at radius 3 is 3.11 bits per heavy atom. The molecular formula is C14H16N4O. The van der Waals surface area contributed by atoms with Crippen molar-refractivity contribution in [2.75, 3.05) is 30.3 Å². The van der Waals surface area contributed by atoms with E-state index >= 15 is 0 Å². The number of amides is 1. The maximum atomic E-state index is 11.7. The smallest absolute Gasteiger partial charge is 0.239 e. The fourth-order valence-corrected chi connectivity index (χ4v) is 2.47. The first-order chi connectivity index (χ1) is 9.25. The number of rotatable bonds is 1. The molecule has 3 rings (SSSR count). The average molecular weight is 256 g/mol. The van der Waals surface area contributed by atoms with Gasteiger partial charge in [0.05, 0.1) is 17.7 Å². The number of aromatic nitrogens is 1. The molecule has 0 bridgehead atoms. The second-order valence-electron chi connectivity index (χ2n) is 4.70. The summed E-state index contributed by atoms with van der Waals surface area (Å²) >= 11 is 0. The van der Waals surface area contributed by atoms with Crippen LogP contribution in [0.2, 0.25) is 0 Å². The Morgan fingerprint density at radius 1 is 1.32 bits per heavy atom. The maximum absolute atomic E-state index is 11.7. The lowest BCUT2D eigenvalue weighted by molar-refractivity contribution is -0.119. The molecule has 1 aliphatic rings. The van der Waals surface area contributed by atoms with Crippen LogP contribution in [-0.4, -0.2) is 30.5 Å². The minimum absolute atomic E-state index is 0.0614. The second kappa shape index (κ2) is 4.76. The Labute approximate surface area is 111 Å². The molecular weight excluding hydrogens is 240 g/mol. The third-order valence-electron chi connectivity index (χ3n) is 3.38. The number of carbonyl (C=O) groups is 1. The summed E-state index contributed by atoms with van der Waals surface area (Å²) in [5.74, 6) is 0.0614. The van der Waals surface area contributed by atoms with Gasteiger partial charge in [-0.1, -0.05) is 12.1 Å². The number of benzene rings is 1. The molecule has 5 heteroatoms. The van der Waals surface area contributed by atoms with Crippen LogP contribution in [0.5, 0.6) is 0 Å². The fraction of sp³-hybridized carbons (Fsp3) is 0.286. The van der Waals surface area contributed by atoms with Gasteiger partial charge in [0.2, 0.25) is 5.91 Å². The van der Waals surface area contributed by atoms with Crippen LogP contribution in [0.15, 0.2) is 30.5 Å². The van der Waals surface area contributed by atoms with Crippen molar-refractivity contribution in [1.29, 1.82) is 0 Å². The molecule has 0 saturated carbocycles. The standard InChI is InChI=1S/C14H16N4O/c15-11-4-1-3-10-12(5-7-17-14(10)11)18-8-2-6-16-13(19)9-18/h1,3-5,7H,2,6,8-9,15H2,(H,16,19). The minimum Gasteiger partial charge on any atom is -0.397 e. The van der Waals surface area contributed by atoms with Crippen molar-refractivity contribution < 1.29 is 4.79 Å². The Balaban J connectivity index is 2.09. The summed E-state index contributed by atoms with van der Waals surface area (Å²) in [4.78, 5) is 18.1. The van der Waals surface area contributed by atoms with E-state index in [0.717, 1.165) is 36.1 Å². The van der Waals surface area contributed by atoms with E-state index in [-0.39, 0.29) is 5.91 Å². The van der Waals surface area contributed by atoms with E-state index in [0.29, 0.717) is 12.2 Å². The van der Waals surface area contributed by atoms with Crippen molar-refractivity contribution in [1.82, 2.24) is 10.3 Å². The number of hydrogen-bond donors (Lipinski definition) is 2. The van der Waals surface area contributed by atoms with Crippen LogP contribution in [0.4, 0.5) is 11.4 Å². The van der Waals surface area contributed by atoms with Gasteiger partial charge in [-0.05, 0) is 18.6 Å². The molecule has 0 radical (unpaired) electrons. The summed E-state index contributed by atoms with van der Waals surface area (Å²) in [6.45, 7) is 1.97. The number of nitrogens with one attached hydrogen (secondary N) is 1. The monoisotopic (exact) mass is 256 g/mol. The molecule has 19 heavy (non-hydrogen) atoms. The zero-order valence-corrected chi connectivity index (χ0v) is 10.6. The van der Waals surface area contributed by atoms with Crippen molar-refractivity contribution in [2.24, 2.45) is 0 Å². The number of fused-ring (bicyclic) bond motifs is 1. The number of nitrogen functional groups attached to an aromatic ring is 1. The summed E-state index contributed by atoms with van der Waals surface area (Å²) in [6.07, 6.45) is 2.69. The Morgan fingerprint density at radius 2 is 2.21 bits per heavy atom. The molecule has 1 fully saturated rings. The molecule has 98 valence electrons. The third-order valence-corrected chi connectivity index (χ3v) is 3.38. The van der Waals surface area contributed by atoms with Crippen LogP contribution < -0.4 is 16.0 Å². The van der Waals surface area contributed by atoms with Crippen molar-refractivity contribution in [3.63, 3.8) is 0 Å². The Kier molecular flexibility index (Phi) is 2.95. The highest BCUT2D eigenvalue weighted by Crippen LogP contribution is 2.28. The van der Waals surface area contributed by atoms with E-state index in [1.54, 1.807) is 6.20 Å². The van der Waals surface area contributed by atoms with Gasteiger partial charge >= 0.3 is 0 Å². The predicted octanol–water partition coefficient (Wildman–Crippen LogP) is 1.14. The molecule has 2 heterocycles. The Bertz CT molecular complexity index is 626. The summed E-state index contributed by atoms with van der Waals surface area (Å²) in [5.41, 5.74) is 8.44. The van der Waals surface area contributed by atoms with Gasteiger partial charge in [-0.2, -0.15) is 0 Å². The molecule has 1 aromatic heterocycles. The van der Waals surface area contributed by atoms with Crippen molar-refractivity contribution in [3.8, 4) is 0 Å². The number of para-hydroxylation sites is 1.